The molecule has 15 nitrogen and oxygen atoms in total. The number of amides is 3. The van der Waals surface area contributed by atoms with Crippen molar-refractivity contribution in [2.24, 2.45) is 11.3 Å². The first kappa shape index (κ1) is 49.5. The Labute approximate surface area is 406 Å². The number of hydrogen-bond acceptors (Lipinski definition) is 11. The highest BCUT2D eigenvalue weighted by atomic mass is 28.2. The highest BCUT2D eigenvalue weighted by Gasteiger charge is 2.41. The summed E-state index contributed by atoms with van der Waals surface area (Å²) in [5.74, 6) is -1.00. The van der Waals surface area contributed by atoms with Crippen LogP contribution in [0, 0.1) is 11.3 Å². The molecule has 3 N–H and O–H groups in total. The quantitative estimate of drug-likeness (QED) is 0.138. The molecule has 4 radical (unpaired) electrons. The van der Waals surface area contributed by atoms with Gasteiger partial charge in [-0.05, 0) is 117 Å². The molecule has 4 fully saturated rings. The van der Waals surface area contributed by atoms with Crippen molar-refractivity contribution < 1.29 is 33.8 Å². The van der Waals surface area contributed by atoms with Gasteiger partial charge in [-0.2, -0.15) is 0 Å². The lowest BCUT2D eigenvalue weighted by atomic mass is 9.84. The van der Waals surface area contributed by atoms with E-state index in [-0.39, 0.29) is 79.9 Å². The summed E-state index contributed by atoms with van der Waals surface area (Å²) in [5, 5.41) is 17.3. The van der Waals surface area contributed by atoms with Crippen LogP contribution in [0.3, 0.4) is 0 Å². The minimum Gasteiger partial charge on any atom is -0.508 e. The van der Waals surface area contributed by atoms with Crippen molar-refractivity contribution in [1.82, 2.24) is 39.3 Å². The van der Waals surface area contributed by atoms with E-state index in [0.717, 1.165) is 82.7 Å². The van der Waals surface area contributed by atoms with Crippen molar-refractivity contribution in [3.05, 3.63) is 71.5 Å². The number of likely N-dealkylation sites (N-methyl/N-ethyl adjacent to an activating group) is 1. The molecule has 0 spiro atoms. The van der Waals surface area contributed by atoms with Crippen LogP contribution in [0.15, 0.2) is 54.7 Å². The maximum Gasteiger partial charge on any atom is 0.307 e. The monoisotopic (exact) mass is 960 g/mol. The Kier molecular flexibility index (Phi) is 15.3. The largest absolute Gasteiger partial charge is 0.508 e. The normalized spacial score (nSPS) is 24.1. The fourth-order valence-corrected chi connectivity index (χ4v) is 12.8. The van der Waals surface area contributed by atoms with Crippen LogP contribution in [0.5, 0.6) is 5.75 Å². The number of phenolic OH excluding ortho intramolecular Hbond substituents is 1. The molecular formula is C51H68N8O7Si2. The van der Waals surface area contributed by atoms with E-state index < -0.39 is 22.5 Å². The number of aromatic nitrogens is 2. The topological polar surface area (TPSA) is 162 Å². The minimum absolute atomic E-state index is 0.0641. The van der Waals surface area contributed by atoms with Crippen molar-refractivity contribution >= 4 is 54.0 Å². The van der Waals surface area contributed by atoms with Crippen LogP contribution < -0.4 is 10.1 Å². The number of methoxy groups -OCH3 is 1. The molecule has 3 unspecified atom stereocenters. The van der Waals surface area contributed by atoms with Crippen molar-refractivity contribution in [2.45, 2.75) is 109 Å². The number of phenols is 1. The second-order valence-corrected chi connectivity index (χ2v) is 22.6. The molecule has 0 aliphatic carbocycles. The molecule has 5 aliphatic heterocycles. The van der Waals surface area contributed by atoms with Crippen molar-refractivity contribution in [1.29, 1.82) is 0 Å². The lowest BCUT2D eigenvalue weighted by Crippen LogP contribution is -2.61. The highest BCUT2D eigenvalue weighted by Crippen LogP contribution is 2.42. The third-order valence-corrected chi connectivity index (χ3v) is 16.7. The lowest BCUT2D eigenvalue weighted by Gasteiger charge is -2.40. The molecule has 0 saturated carbocycles. The Balaban J connectivity index is 1.17. The van der Waals surface area contributed by atoms with Gasteiger partial charge < -0.3 is 29.0 Å². The minimum atomic E-state index is -0.746. The number of fused-ring (bicyclic) bond motifs is 11. The molecule has 68 heavy (non-hydrogen) atoms. The molecule has 362 valence electrons. The van der Waals surface area contributed by atoms with E-state index in [1.807, 2.05) is 32.9 Å². The first-order chi connectivity index (χ1) is 32.6. The number of rotatable bonds is 10. The SMILES string of the molecule is CCn1c(-c2cccnc2[C@H](C)OC)c2c3cc(ccc31)-c1cc(O)cc(c1)C[C@H]([Si]NC(=O)[C@H](C(C)C)N(C)C(=O)C1CN3CCCN1CC3)C(=O)N1CCC[C@H]([Si]N1)C(=O)OCC(C)(C)C2. The molecule has 8 bridgehead atoms. The summed E-state index contributed by atoms with van der Waals surface area (Å²) >= 11 is 0. The molecule has 9 rings (SSSR count). The van der Waals surface area contributed by atoms with Crippen LogP contribution in [0.25, 0.3) is 33.3 Å². The number of pyridine rings is 1. The molecule has 7 heterocycles. The van der Waals surface area contributed by atoms with E-state index in [4.69, 9.17) is 14.5 Å². The van der Waals surface area contributed by atoms with Gasteiger partial charge in [-0.1, -0.05) is 39.8 Å². The zero-order chi connectivity index (χ0) is 48.4. The summed E-state index contributed by atoms with van der Waals surface area (Å²) in [6.07, 6.45) is 4.49. The first-order valence-corrected chi connectivity index (χ1v) is 26.5. The molecule has 2 aromatic heterocycles. The van der Waals surface area contributed by atoms with Crippen LogP contribution in [0.1, 0.15) is 83.7 Å². The van der Waals surface area contributed by atoms with Crippen molar-refractivity contribution in [2.75, 3.05) is 60.0 Å². The molecule has 5 aliphatic rings. The zero-order valence-corrected chi connectivity index (χ0v) is 42.9. The smallest absolute Gasteiger partial charge is 0.307 e. The number of hydrogen-bond donors (Lipinski definition) is 3. The summed E-state index contributed by atoms with van der Waals surface area (Å²) in [6.45, 7) is 17.8. The summed E-state index contributed by atoms with van der Waals surface area (Å²) in [7, 11) is 2.97. The van der Waals surface area contributed by atoms with E-state index >= 15 is 0 Å². The van der Waals surface area contributed by atoms with Gasteiger partial charge in [0.15, 0.2) is 19.4 Å². The number of cyclic esters (lactones) is 1. The molecule has 4 saturated heterocycles. The number of aromatic hydroxyl groups is 1. The predicted octanol–water partition coefficient (Wildman–Crippen LogP) is 5.40. The molecule has 17 heteroatoms. The van der Waals surface area contributed by atoms with E-state index in [2.05, 4.69) is 69.5 Å². The summed E-state index contributed by atoms with van der Waals surface area (Å²) in [5.41, 5.74) is 5.75. The number of esters is 1. The fourth-order valence-electron chi connectivity index (χ4n) is 10.6. The van der Waals surface area contributed by atoms with E-state index in [0.29, 0.717) is 38.9 Å². The molecular weight excluding hydrogens is 893 g/mol. The Morgan fingerprint density at radius 3 is 2.63 bits per heavy atom. The first-order valence-electron chi connectivity index (χ1n) is 24.3. The maximum absolute atomic E-state index is 14.8. The summed E-state index contributed by atoms with van der Waals surface area (Å²) in [4.78, 5) is 71.3. The average Bonchev–Trinajstić information content (AvgIpc) is 3.65. The second kappa shape index (κ2) is 21.0. The number of hydrazine groups is 1. The number of carbonyl (C=O) groups excluding carboxylic acids is 4. The Hall–Kier alpha value is -4.92. The van der Waals surface area contributed by atoms with E-state index in [9.17, 15) is 24.3 Å². The van der Waals surface area contributed by atoms with Gasteiger partial charge in [0.1, 0.15) is 17.8 Å². The van der Waals surface area contributed by atoms with Crippen LogP contribution in [-0.4, -0.2) is 150 Å². The third kappa shape index (κ3) is 10.5. The maximum atomic E-state index is 14.8. The number of carbonyl (C=O) groups is 4. The molecule has 4 aromatic rings. The number of ether oxygens (including phenoxy) is 2. The van der Waals surface area contributed by atoms with Gasteiger partial charge in [-0.25, -0.2) is 0 Å². The van der Waals surface area contributed by atoms with Crippen LogP contribution in [0.4, 0.5) is 0 Å². The number of piperazine rings is 1. The summed E-state index contributed by atoms with van der Waals surface area (Å²) in [6, 6.07) is 14.8. The Morgan fingerprint density at radius 1 is 1.06 bits per heavy atom. The Bertz CT molecular complexity index is 2510. The molecule has 7 atom stereocenters. The highest BCUT2D eigenvalue weighted by molar-refractivity contribution is 6.46. The van der Waals surface area contributed by atoms with Crippen LogP contribution in [0.2, 0.25) is 11.1 Å². The Morgan fingerprint density at radius 2 is 1.87 bits per heavy atom. The number of nitrogens with zero attached hydrogens (tertiary/aromatic N) is 6. The van der Waals surface area contributed by atoms with Gasteiger partial charge in [-0.15, -0.1) is 0 Å². The van der Waals surface area contributed by atoms with Crippen molar-refractivity contribution in [3.8, 4) is 28.1 Å². The number of benzene rings is 2. The van der Waals surface area contributed by atoms with Gasteiger partial charge >= 0.3 is 5.97 Å². The zero-order valence-electron chi connectivity index (χ0n) is 40.9. The third-order valence-electron chi connectivity index (χ3n) is 14.2. The van der Waals surface area contributed by atoms with Gasteiger partial charge in [0.25, 0.3) is 0 Å². The van der Waals surface area contributed by atoms with Gasteiger partial charge in [0, 0.05) is 81.5 Å². The van der Waals surface area contributed by atoms with E-state index in [1.165, 1.54) is 0 Å². The number of nitrogens with one attached hydrogen (secondary N) is 2. The predicted molar refractivity (Wildman–Crippen MR) is 265 cm³/mol. The standard InChI is InChI=1S/C51H68N8O7Si2/c1-9-58-40-16-15-34-27-38(40)39(46(58)37-13-10-17-52-44(37)32(4)65-8)28-51(5,6)30-66-50(64)42-14-11-20-59(54-68-42)49(63)43(25-33-23-35(34)26-36(60)24-33)67-53-47(61)45(31(2)3)55(7)48(62)41-29-56-18-12-19-57(41)22-21-56/h10,13,15-17,23-24,26-27,31-32,41-43,45,54,60H,9,11-12,14,18-22,25,28-30H2,1-8H3,(H,53,61)/t32-,41?,42-,43-,45-/m0/s1. The van der Waals surface area contributed by atoms with Crippen molar-refractivity contribution in [3.63, 3.8) is 0 Å². The average molecular weight is 961 g/mol. The van der Waals surface area contributed by atoms with E-state index in [1.54, 1.807) is 42.4 Å². The van der Waals surface area contributed by atoms with Gasteiger partial charge in [-0.3, -0.25) is 44.1 Å². The lowest BCUT2D eigenvalue weighted by molar-refractivity contribution is -0.146. The molecule has 2 aromatic carbocycles. The van der Waals surface area contributed by atoms with Crippen LogP contribution in [-0.2, 0) is 48.0 Å². The molecule has 3 amide bonds. The summed E-state index contributed by atoms with van der Waals surface area (Å²) < 4.78 is 14.3. The van der Waals surface area contributed by atoms with Gasteiger partial charge in [0.05, 0.1) is 35.2 Å². The van der Waals surface area contributed by atoms with Gasteiger partial charge in [0.2, 0.25) is 17.7 Å². The second-order valence-electron chi connectivity index (χ2n) is 20.1. The fraction of sp³-hybridized carbons (Fsp3) is 0.549. The number of aryl methyl sites for hydroxylation is 1. The van der Waals surface area contributed by atoms with Crippen LogP contribution >= 0.6 is 0 Å².